The van der Waals surface area contributed by atoms with E-state index in [1.165, 1.54) is 18.3 Å². The van der Waals surface area contributed by atoms with Crippen molar-refractivity contribution in [3.05, 3.63) is 54.0 Å². The number of imide groups is 1. The normalized spacial score (nSPS) is 16.0. The number of amides is 4. The molecular formula is C17H15FN4O4. The predicted octanol–water partition coefficient (Wildman–Crippen LogP) is 1.23. The van der Waals surface area contributed by atoms with E-state index in [1.54, 1.807) is 24.3 Å². The lowest BCUT2D eigenvalue weighted by atomic mass is 10.2. The number of hydrogen-bond donors (Lipinski definition) is 3. The van der Waals surface area contributed by atoms with Crippen LogP contribution in [0.1, 0.15) is 12.0 Å². The lowest BCUT2D eigenvalue weighted by Crippen LogP contribution is -2.36. The number of halogens is 1. The van der Waals surface area contributed by atoms with Crippen molar-refractivity contribution in [2.45, 2.75) is 19.0 Å². The lowest BCUT2D eigenvalue weighted by molar-refractivity contribution is -0.126. The van der Waals surface area contributed by atoms with E-state index in [2.05, 4.69) is 20.9 Å². The van der Waals surface area contributed by atoms with E-state index in [0.29, 0.717) is 5.56 Å². The maximum atomic E-state index is 13.7. The molecule has 26 heavy (non-hydrogen) atoms. The topological polar surface area (TPSA) is 109 Å². The molecule has 4 amide bonds. The fourth-order valence-electron chi connectivity index (χ4n) is 2.34. The van der Waals surface area contributed by atoms with Gasteiger partial charge in [-0.15, -0.1) is 0 Å². The minimum absolute atomic E-state index is 0.0177. The highest BCUT2D eigenvalue weighted by molar-refractivity contribution is 6.05. The number of ether oxygens (including phenoxy) is 1. The third kappa shape index (κ3) is 4.12. The number of rotatable bonds is 6. The monoisotopic (exact) mass is 358 g/mol. The molecule has 0 aliphatic carbocycles. The number of urea groups is 1. The first kappa shape index (κ1) is 17.3. The number of hydrogen-bond acceptors (Lipinski definition) is 5. The number of nitrogens with one attached hydrogen (secondary N) is 3. The molecule has 3 N–H and O–H groups in total. The average molecular weight is 358 g/mol. The van der Waals surface area contributed by atoms with Gasteiger partial charge in [-0.1, -0.05) is 18.2 Å². The molecule has 2 heterocycles. The Morgan fingerprint density at radius 1 is 1.23 bits per heavy atom. The van der Waals surface area contributed by atoms with Gasteiger partial charge in [0.2, 0.25) is 11.8 Å². The van der Waals surface area contributed by atoms with Crippen LogP contribution in [0.4, 0.5) is 9.18 Å². The van der Waals surface area contributed by atoms with E-state index in [-0.39, 0.29) is 24.6 Å². The summed E-state index contributed by atoms with van der Waals surface area (Å²) in [7, 11) is 0. The van der Waals surface area contributed by atoms with Gasteiger partial charge in [0.1, 0.15) is 6.04 Å². The first-order valence-electron chi connectivity index (χ1n) is 7.77. The Labute approximate surface area is 147 Å². The van der Waals surface area contributed by atoms with Crippen molar-refractivity contribution in [1.29, 1.82) is 0 Å². The lowest BCUT2D eigenvalue weighted by Gasteiger charge is -2.12. The van der Waals surface area contributed by atoms with Gasteiger partial charge in [0.25, 0.3) is 5.91 Å². The molecular weight excluding hydrogens is 343 g/mol. The van der Waals surface area contributed by atoms with Gasteiger partial charge in [0.15, 0.2) is 11.6 Å². The van der Waals surface area contributed by atoms with E-state index >= 15 is 0 Å². The molecule has 9 heteroatoms. The maximum absolute atomic E-state index is 13.7. The Morgan fingerprint density at radius 2 is 2.04 bits per heavy atom. The summed E-state index contributed by atoms with van der Waals surface area (Å²) in [5.74, 6) is -1.34. The highest BCUT2D eigenvalue weighted by Crippen LogP contribution is 2.25. The number of nitrogens with zero attached hydrogens (tertiary/aromatic N) is 1. The van der Waals surface area contributed by atoms with E-state index in [0.717, 1.165) is 0 Å². The van der Waals surface area contributed by atoms with Crippen LogP contribution in [0.15, 0.2) is 42.6 Å². The molecule has 1 aliphatic heterocycles. The molecule has 134 valence electrons. The number of para-hydroxylation sites is 1. The smallest absolute Gasteiger partial charge is 0.322 e. The molecule has 1 fully saturated rings. The summed E-state index contributed by atoms with van der Waals surface area (Å²) in [5, 5.41) is 7.02. The van der Waals surface area contributed by atoms with Gasteiger partial charge in [-0.05, 0) is 18.2 Å². The molecule has 3 rings (SSSR count). The molecule has 8 nitrogen and oxygen atoms in total. The van der Waals surface area contributed by atoms with Crippen molar-refractivity contribution >= 4 is 17.8 Å². The summed E-state index contributed by atoms with van der Waals surface area (Å²) < 4.78 is 19.2. The SMILES string of the molecule is O=C(CC1NC(=O)NC1=O)NCc1cccnc1Oc1ccccc1F. The van der Waals surface area contributed by atoms with Crippen LogP contribution in [0.5, 0.6) is 11.6 Å². The standard InChI is InChI=1S/C17H15FN4O4/c18-11-5-1-2-6-13(11)26-16-10(4-3-7-19-16)9-20-14(23)8-12-15(24)22-17(25)21-12/h1-7,12H,8-9H2,(H,20,23)(H2,21,22,24,25). The van der Waals surface area contributed by atoms with Gasteiger partial charge in [-0.25, -0.2) is 14.2 Å². The molecule has 0 saturated carbocycles. The maximum Gasteiger partial charge on any atom is 0.322 e. The summed E-state index contributed by atoms with van der Waals surface area (Å²) in [6, 6.07) is 7.71. The van der Waals surface area contributed by atoms with Crippen molar-refractivity contribution in [2.24, 2.45) is 0 Å². The Hall–Kier alpha value is -3.49. The van der Waals surface area contributed by atoms with Gasteiger partial charge >= 0.3 is 6.03 Å². The molecule has 1 aromatic carbocycles. The van der Waals surface area contributed by atoms with Crippen LogP contribution in [0.2, 0.25) is 0 Å². The first-order valence-corrected chi connectivity index (χ1v) is 7.77. The summed E-state index contributed by atoms with van der Waals surface area (Å²) in [6.07, 6.45) is 1.29. The van der Waals surface area contributed by atoms with Crippen molar-refractivity contribution in [3.63, 3.8) is 0 Å². The number of aromatic nitrogens is 1. The molecule has 1 aliphatic rings. The zero-order valence-electron chi connectivity index (χ0n) is 13.5. The van der Waals surface area contributed by atoms with E-state index < -0.39 is 29.7 Å². The first-order chi connectivity index (χ1) is 12.5. The highest BCUT2D eigenvalue weighted by Gasteiger charge is 2.31. The van der Waals surface area contributed by atoms with E-state index in [9.17, 15) is 18.8 Å². The zero-order valence-corrected chi connectivity index (χ0v) is 13.5. The molecule has 0 radical (unpaired) electrons. The van der Waals surface area contributed by atoms with Crippen LogP contribution < -0.4 is 20.7 Å². The third-order valence-corrected chi connectivity index (χ3v) is 3.62. The molecule has 1 unspecified atom stereocenters. The van der Waals surface area contributed by atoms with Gasteiger partial charge < -0.3 is 15.4 Å². The fourth-order valence-corrected chi connectivity index (χ4v) is 2.34. The number of carbonyl (C=O) groups excluding carboxylic acids is 3. The van der Waals surface area contributed by atoms with Crippen LogP contribution >= 0.6 is 0 Å². The van der Waals surface area contributed by atoms with Gasteiger partial charge in [0.05, 0.1) is 6.42 Å². The molecule has 2 aromatic rings. The molecule has 0 bridgehead atoms. The third-order valence-electron chi connectivity index (χ3n) is 3.62. The second-order valence-corrected chi connectivity index (χ2v) is 5.50. The van der Waals surface area contributed by atoms with Gasteiger partial charge in [0, 0.05) is 18.3 Å². The Bertz CT molecular complexity index is 858. The van der Waals surface area contributed by atoms with Crippen LogP contribution in [-0.2, 0) is 16.1 Å². The molecule has 1 atom stereocenters. The van der Waals surface area contributed by atoms with Crippen molar-refractivity contribution < 1.29 is 23.5 Å². The second kappa shape index (κ2) is 7.60. The Kier molecular flexibility index (Phi) is 5.07. The highest BCUT2D eigenvalue weighted by atomic mass is 19.1. The van der Waals surface area contributed by atoms with Crippen LogP contribution in [0, 0.1) is 5.82 Å². The number of pyridine rings is 1. The summed E-state index contributed by atoms with van der Waals surface area (Å²) in [5.41, 5.74) is 0.531. The number of carbonyl (C=O) groups is 3. The Balaban J connectivity index is 1.62. The van der Waals surface area contributed by atoms with Gasteiger partial charge in [-0.3, -0.25) is 14.9 Å². The van der Waals surface area contributed by atoms with Crippen LogP contribution in [-0.4, -0.2) is 28.9 Å². The van der Waals surface area contributed by atoms with E-state index in [4.69, 9.17) is 4.74 Å². The van der Waals surface area contributed by atoms with Crippen molar-refractivity contribution in [3.8, 4) is 11.6 Å². The Morgan fingerprint density at radius 3 is 2.77 bits per heavy atom. The number of benzene rings is 1. The molecule has 1 saturated heterocycles. The minimum Gasteiger partial charge on any atom is -0.436 e. The van der Waals surface area contributed by atoms with E-state index in [1.807, 2.05) is 0 Å². The molecule has 0 spiro atoms. The van der Waals surface area contributed by atoms with Crippen molar-refractivity contribution in [2.75, 3.05) is 0 Å². The fraction of sp³-hybridized carbons (Fsp3) is 0.176. The summed E-state index contributed by atoms with van der Waals surface area (Å²) >= 11 is 0. The van der Waals surface area contributed by atoms with Crippen LogP contribution in [0.3, 0.4) is 0 Å². The zero-order chi connectivity index (χ0) is 18.5. The van der Waals surface area contributed by atoms with Gasteiger partial charge in [-0.2, -0.15) is 0 Å². The predicted molar refractivity (Wildman–Crippen MR) is 87.6 cm³/mol. The largest absolute Gasteiger partial charge is 0.436 e. The molecule has 1 aromatic heterocycles. The summed E-state index contributed by atoms with van der Waals surface area (Å²) in [4.78, 5) is 38.5. The summed E-state index contributed by atoms with van der Waals surface area (Å²) in [6.45, 7) is 0.0682. The second-order valence-electron chi connectivity index (χ2n) is 5.50. The van der Waals surface area contributed by atoms with Crippen molar-refractivity contribution in [1.82, 2.24) is 20.9 Å². The minimum atomic E-state index is -0.898. The quantitative estimate of drug-likeness (QED) is 0.673. The van der Waals surface area contributed by atoms with Crippen LogP contribution in [0.25, 0.3) is 0 Å². The average Bonchev–Trinajstić information content (AvgIpc) is 2.93.